The lowest BCUT2D eigenvalue weighted by atomic mass is 9.80. The van der Waals surface area contributed by atoms with E-state index >= 15 is 0 Å². The van der Waals surface area contributed by atoms with Crippen molar-refractivity contribution in [3.63, 3.8) is 0 Å². The van der Waals surface area contributed by atoms with Gasteiger partial charge in [-0.15, -0.1) is 0 Å². The smallest absolute Gasteiger partial charge is 0.330 e. The molecule has 1 fully saturated rings. The van der Waals surface area contributed by atoms with E-state index in [1.54, 1.807) is 35.4 Å². The third-order valence-corrected chi connectivity index (χ3v) is 12.8. The molecule has 1 aliphatic rings. The Labute approximate surface area is 343 Å². The molecule has 5 rings (SSSR count). The first-order valence-electron chi connectivity index (χ1n) is 19.8. The van der Waals surface area contributed by atoms with Crippen molar-refractivity contribution in [1.82, 2.24) is 14.2 Å². The second-order valence-electron chi connectivity index (χ2n) is 14.7. The van der Waals surface area contributed by atoms with Crippen LogP contribution in [0.4, 0.5) is 0 Å². The van der Waals surface area contributed by atoms with E-state index in [4.69, 9.17) is 37.7 Å². The number of aromatic nitrogens is 2. The van der Waals surface area contributed by atoms with Gasteiger partial charge in [0.2, 0.25) is 0 Å². The first kappa shape index (κ1) is 45.2. The molecule has 58 heavy (non-hydrogen) atoms. The summed E-state index contributed by atoms with van der Waals surface area (Å²) in [7, 11) is 5.32. The third kappa shape index (κ3) is 10.4. The molecule has 4 aromatic rings. The van der Waals surface area contributed by atoms with Crippen LogP contribution in [0.2, 0.25) is 0 Å². The number of methoxy groups -OCH3 is 4. The highest BCUT2D eigenvalue weighted by atomic mass is 31.2. The van der Waals surface area contributed by atoms with Crippen molar-refractivity contribution in [1.29, 1.82) is 0 Å². The van der Waals surface area contributed by atoms with Gasteiger partial charge in [-0.05, 0) is 82.0 Å². The third-order valence-electron chi connectivity index (χ3n) is 10.2. The number of aromatic amines is 1. The molecule has 0 bridgehead atoms. The Morgan fingerprint density at radius 1 is 0.776 bits per heavy atom. The van der Waals surface area contributed by atoms with E-state index < -0.39 is 49.7 Å². The molecule has 0 radical (unpaired) electrons. The van der Waals surface area contributed by atoms with Gasteiger partial charge in [0.15, 0.2) is 6.23 Å². The minimum Gasteiger partial charge on any atom is -0.497 e. The molecule has 1 aliphatic heterocycles. The first-order valence-corrected chi connectivity index (χ1v) is 21.2. The SMILES string of the molecule is COCCCP(O[C@H]1[C@@H](OCCOC)[C@H](n2cc(C)c(=O)[nH]c2=O)O[C@@H]1COC(c1ccccc1)(c1ccc(OC)cc1)c1ccc(OC)cc1)N(C(C)C)C(C)C. The van der Waals surface area contributed by atoms with E-state index in [2.05, 4.69) is 37.3 Å². The molecule has 3 aromatic carbocycles. The summed E-state index contributed by atoms with van der Waals surface area (Å²) in [6.45, 7) is 11.4. The number of aryl methyl sites for hydroxylation is 1. The summed E-state index contributed by atoms with van der Waals surface area (Å²) in [5.74, 6) is 1.41. The molecule has 5 atom stereocenters. The number of hydrogen-bond donors (Lipinski definition) is 1. The number of H-pyrrole nitrogens is 1. The average Bonchev–Trinajstić information content (AvgIpc) is 3.56. The fourth-order valence-corrected chi connectivity index (χ4v) is 9.93. The van der Waals surface area contributed by atoms with Crippen molar-refractivity contribution in [3.8, 4) is 11.5 Å². The van der Waals surface area contributed by atoms with Crippen LogP contribution in [0.5, 0.6) is 11.5 Å². The zero-order valence-corrected chi connectivity index (χ0v) is 36.1. The molecular weight excluding hydrogens is 761 g/mol. The minimum atomic E-state index is -1.25. The van der Waals surface area contributed by atoms with Crippen LogP contribution < -0.4 is 20.7 Å². The summed E-state index contributed by atoms with van der Waals surface area (Å²) < 4.78 is 54.0. The molecule has 0 aliphatic carbocycles. The van der Waals surface area contributed by atoms with Gasteiger partial charge in [0.1, 0.15) is 43.7 Å². The summed E-state index contributed by atoms with van der Waals surface area (Å²) in [4.78, 5) is 28.6. The second-order valence-corrected chi connectivity index (χ2v) is 16.6. The largest absolute Gasteiger partial charge is 0.497 e. The Morgan fingerprint density at radius 3 is 1.88 bits per heavy atom. The number of nitrogens with zero attached hydrogens (tertiary/aromatic N) is 2. The number of ether oxygens (including phenoxy) is 7. The van der Waals surface area contributed by atoms with Crippen molar-refractivity contribution in [2.24, 2.45) is 0 Å². The molecule has 13 nitrogen and oxygen atoms in total. The molecule has 0 saturated carbocycles. The number of hydrogen-bond acceptors (Lipinski definition) is 11. The van der Waals surface area contributed by atoms with Gasteiger partial charge in [-0.2, -0.15) is 0 Å². The van der Waals surface area contributed by atoms with Crippen LogP contribution in [0.3, 0.4) is 0 Å². The first-order chi connectivity index (χ1) is 28.0. The topological polar surface area (TPSA) is 132 Å². The van der Waals surface area contributed by atoms with Crippen LogP contribution >= 0.6 is 8.30 Å². The van der Waals surface area contributed by atoms with Crippen LogP contribution in [0, 0.1) is 6.92 Å². The summed E-state index contributed by atoms with van der Waals surface area (Å²) in [6, 6.07) is 26.0. The fraction of sp³-hybridized carbons (Fsp3) is 0.500. The van der Waals surface area contributed by atoms with Crippen LogP contribution in [0.1, 0.15) is 62.6 Å². The molecule has 1 saturated heterocycles. The Kier molecular flexibility index (Phi) is 16.7. The van der Waals surface area contributed by atoms with E-state index in [0.717, 1.165) is 29.3 Å². The highest BCUT2D eigenvalue weighted by Crippen LogP contribution is 2.51. The summed E-state index contributed by atoms with van der Waals surface area (Å²) >= 11 is 0. The monoisotopic (exact) mass is 821 g/mol. The highest BCUT2D eigenvalue weighted by molar-refractivity contribution is 7.50. The Bertz CT molecular complexity index is 1900. The molecule has 1 aromatic heterocycles. The molecule has 0 amide bonds. The van der Waals surface area contributed by atoms with Crippen molar-refractivity contribution >= 4 is 8.30 Å². The average molecular weight is 822 g/mol. The standard InChI is InChI=1S/C44H60N3O10P/c1-30(2)47(31(3)4)58(27-13-24-50-6)57-39-38(56-42(40(39)54-26-25-51-7)46-28-32(5)41(48)45-43(46)49)29-55-44(33-14-11-10-12-15-33,34-16-20-36(52-8)21-17-34)35-18-22-37(53-9)23-19-35/h10-12,14-23,28,30-31,38-40,42H,13,24-27,29H2,1-9H3,(H,45,48,49)/t38-,39-,40-,42-,58?/m1/s1. The predicted octanol–water partition coefficient (Wildman–Crippen LogP) is 6.65. The number of rotatable bonds is 22. The number of nitrogens with one attached hydrogen (secondary N) is 1. The Balaban J connectivity index is 1.68. The van der Waals surface area contributed by atoms with Crippen LogP contribution in [-0.2, 0) is 33.8 Å². The molecule has 2 heterocycles. The van der Waals surface area contributed by atoms with E-state index in [1.807, 2.05) is 78.9 Å². The quantitative estimate of drug-likeness (QED) is 0.0520. The van der Waals surface area contributed by atoms with E-state index in [-0.39, 0.29) is 25.3 Å². The normalized spacial score (nSPS) is 19.0. The number of benzene rings is 3. The Morgan fingerprint density at radius 2 is 1.34 bits per heavy atom. The van der Waals surface area contributed by atoms with Crippen molar-refractivity contribution < 1.29 is 37.7 Å². The molecule has 1 unspecified atom stereocenters. The van der Waals surface area contributed by atoms with Gasteiger partial charge in [0, 0.05) is 50.8 Å². The Hall–Kier alpha value is -3.91. The van der Waals surface area contributed by atoms with Gasteiger partial charge < -0.3 is 37.7 Å². The molecule has 0 spiro atoms. The zero-order valence-electron chi connectivity index (χ0n) is 35.2. The maximum absolute atomic E-state index is 13.6. The van der Waals surface area contributed by atoms with E-state index in [0.29, 0.717) is 30.3 Å². The summed E-state index contributed by atoms with van der Waals surface area (Å²) in [6.07, 6.45) is -0.252. The van der Waals surface area contributed by atoms with Gasteiger partial charge in [-0.3, -0.25) is 19.0 Å². The lowest BCUT2D eigenvalue weighted by molar-refractivity contribution is -0.0990. The maximum atomic E-state index is 13.6. The summed E-state index contributed by atoms with van der Waals surface area (Å²) in [5, 5.41) is 0. The highest BCUT2D eigenvalue weighted by Gasteiger charge is 2.51. The van der Waals surface area contributed by atoms with Gasteiger partial charge >= 0.3 is 5.69 Å². The maximum Gasteiger partial charge on any atom is 0.330 e. The van der Waals surface area contributed by atoms with Crippen molar-refractivity contribution in [3.05, 3.63) is 128 Å². The van der Waals surface area contributed by atoms with Crippen molar-refractivity contribution in [2.45, 2.75) is 83.3 Å². The lowest BCUT2D eigenvalue weighted by Crippen LogP contribution is -2.44. The van der Waals surface area contributed by atoms with Crippen LogP contribution in [0.15, 0.2) is 94.6 Å². The molecule has 1 N–H and O–H groups in total. The lowest BCUT2D eigenvalue weighted by Gasteiger charge is -2.40. The van der Waals surface area contributed by atoms with Crippen LogP contribution in [0.25, 0.3) is 0 Å². The van der Waals surface area contributed by atoms with E-state index in [9.17, 15) is 9.59 Å². The minimum absolute atomic E-state index is 0.0138. The predicted molar refractivity (Wildman–Crippen MR) is 225 cm³/mol. The second kappa shape index (κ2) is 21.4. The van der Waals surface area contributed by atoms with Gasteiger partial charge in [-0.25, -0.2) is 4.79 Å². The fourth-order valence-electron chi connectivity index (χ4n) is 7.51. The van der Waals surface area contributed by atoms with Crippen molar-refractivity contribution in [2.75, 3.05) is 61.0 Å². The molecule has 316 valence electrons. The van der Waals surface area contributed by atoms with Gasteiger partial charge in [0.25, 0.3) is 5.56 Å². The van der Waals surface area contributed by atoms with E-state index in [1.165, 1.54) is 10.8 Å². The summed E-state index contributed by atoms with van der Waals surface area (Å²) in [5.41, 5.74) is 0.686. The van der Waals surface area contributed by atoms with Crippen LogP contribution in [-0.4, -0.2) is 106 Å². The van der Waals surface area contributed by atoms with Gasteiger partial charge in [0.05, 0.1) is 34.0 Å². The zero-order chi connectivity index (χ0) is 41.8. The molecule has 14 heteroatoms. The van der Waals surface area contributed by atoms with Gasteiger partial charge in [-0.1, -0.05) is 54.6 Å². The molecular formula is C44H60N3O10P.